The molecule has 0 saturated carbocycles. The number of hydrogen-bond acceptors (Lipinski definition) is 5. The van der Waals surface area contributed by atoms with Crippen LogP contribution in [0.5, 0.6) is 11.5 Å². The summed E-state index contributed by atoms with van der Waals surface area (Å²) >= 11 is 0. The van der Waals surface area contributed by atoms with E-state index in [1.165, 1.54) is 0 Å². The zero-order chi connectivity index (χ0) is 13.0. The molecule has 1 aliphatic heterocycles. The van der Waals surface area contributed by atoms with Crippen LogP contribution in [-0.2, 0) is 0 Å². The van der Waals surface area contributed by atoms with E-state index in [1.807, 2.05) is 18.2 Å². The van der Waals surface area contributed by atoms with Gasteiger partial charge in [0.05, 0.1) is 20.3 Å². The van der Waals surface area contributed by atoms with Gasteiger partial charge in [-0.1, -0.05) is 12.1 Å². The van der Waals surface area contributed by atoms with Gasteiger partial charge in [0.25, 0.3) is 0 Å². The van der Waals surface area contributed by atoms with Crippen molar-refractivity contribution in [1.29, 1.82) is 0 Å². The average Bonchev–Trinajstić information content (AvgIpc) is 2.86. The predicted molar refractivity (Wildman–Crippen MR) is 71.1 cm³/mol. The third kappa shape index (κ3) is 2.41. The third-order valence-corrected chi connectivity index (χ3v) is 3.06. The van der Waals surface area contributed by atoms with Crippen LogP contribution >= 0.6 is 0 Å². The van der Waals surface area contributed by atoms with Crippen LogP contribution in [0, 0.1) is 0 Å². The van der Waals surface area contributed by atoms with E-state index in [1.54, 1.807) is 14.2 Å². The van der Waals surface area contributed by atoms with Gasteiger partial charge in [-0.15, -0.1) is 0 Å². The van der Waals surface area contributed by atoms with Crippen molar-refractivity contribution >= 4 is 5.71 Å². The van der Waals surface area contributed by atoms with Crippen molar-refractivity contribution in [2.75, 3.05) is 20.8 Å². The first-order valence-corrected chi connectivity index (χ1v) is 6.02. The number of methoxy groups -OCH3 is 2. The minimum atomic E-state index is 0.136. The van der Waals surface area contributed by atoms with E-state index in [4.69, 9.17) is 15.2 Å². The quantitative estimate of drug-likeness (QED) is 0.828. The number of nitrogens with two attached hydrogens (primary N) is 1. The molecule has 0 radical (unpaired) electrons. The molecule has 0 fully saturated rings. The summed E-state index contributed by atoms with van der Waals surface area (Å²) in [5.74, 6) is 1.51. The van der Waals surface area contributed by atoms with Gasteiger partial charge in [-0.05, 0) is 19.0 Å². The highest BCUT2D eigenvalue weighted by atomic mass is 16.5. The van der Waals surface area contributed by atoms with Gasteiger partial charge in [0.2, 0.25) is 0 Å². The highest BCUT2D eigenvalue weighted by molar-refractivity contribution is 5.86. The van der Waals surface area contributed by atoms with Crippen LogP contribution < -0.4 is 20.6 Å². The molecule has 0 amide bonds. The number of hydrogen-bond donors (Lipinski definition) is 2. The summed E-state index contributed by atoms with van der Waals surface area (Å²) in [6, 6.07) is 6.01. The maximum Gasteiger partial charge on any atom is 0.166 e. The Morgan fingerprint density at radius 1 is 1.39 bits per heavy atom. The number of nitrogens with one attached hydrogen (secondary N) is 1. The molecule has 0 bridgehead atoms. The Morgan fingerprint density at radius 3 is 2.89 bits per heavy atom. The highest BCUT2D eigenvalue weighted by Gasteiger charge is 2.24. The number of nitrogens with zero attached hydrogens (tertiary/aromatic N) is 1. The first kappa shape index (κ1) is 12.7. The lowest BCUT2D eigenvalue weighted by molar-refractivity contribution is 0.348. The topological polar surface area (TPSA) is 68.9 Å². The van der Waals surface area contributed by atoms with E-state index in [2.05, 4.69) is 10.5 Å². The molecule has 18 heavy (non-hydrogen) atoms. The van der Waals surface area contributed by atoms with Crippen molar-refractivity contribution < 1.29 is 9.47 Å². The summed E-state index contributed by atoms with van der Waals surface area (Å²) in [5.41, 5.74) is 10.8. The van der Waals surface area contributed by atoms with E-state index in [0.29, 0.717) is 6.54 Å². The summed E-state index contributed by atoms with van der Waals surface area (Å²) in [4.78, 5) is 0. The summed E-state index contributed by atoms with van der Waals surface area (Å²) in [6.45, 7) is 0.627. The van der Waals surface area contributed by atoms with Crippen molar-refractivity contribution in [2.45, 2.75) is 18.9 Å². The molecule has 1 aromatic rings. The fourth-order valence-corrected chi connectivity index (χ4v) is 2.19. The second kappa shape index (κ2) is 5.73. The van der Waals surface area contributed by atoms with Crippen molar-refractivity contribution in [2.24, 2.45) is 10.8 Å². The molecule has 0 saturated heterocycles. The van der Waals surface area contributed by atoms with Crippen molar-refractivity contribution in [3.63, 3.8) is 0 Å². The standard InChI is InChI=1S/C13H19N3O2/c1-17-12-5-3-4-10(13(12)18-2)11-8-9(6-7-14)15-16-11/h3-5,11,16H,6-8,14H2,1-2H3. The molecule has 98 valence electrons. The summed E-state index contributed by atoms with van der Waals surface area (Å²) in [7, 11) is 3.29. The lowest BCUT2D eigenvalue weighted by Crippen LogP contribution is -2.12. The number of hydrazone groups is 1. The van der Waals surface area contributed by atoms with Crippen molar-refractivity contribution in [1.82, 2.24) is 5.43 Å². The SMILES string of the molecule is COc1cccc(C2CC(CCN)=NN2)c1OC. The Balaban J connectivity index is 2.20. The molecular formula is C13H19N3O2. The maximum atomic E-state index is 5.54. The Labute approximate surface area is 107 Å². The minimum Gasteiger partial charge on any atom is -0.493 e. The van der Waals surface area contributed by atoms with Gasteiger partial charge in [-0.2, -0.15) is 5.10 Å². The molecule has 5 nitrogen and oxygen atoms in total. The van der Waals surface area contributed by atoms with Crippen LogP contribution in [0.1, 0.15) is 24.4 Å². The minimum absolute atomic E-state index is 0.136. The Bertz CT molecular complexity index is 446. The zero-order valence-electron chi connectivity index (χ0n) is 10.8. The number of ether oxygens (including phenoxy) is 2. The van der Waals surface area contributed by atoms with Crippen LogP contribution in [0.25, 0.3) is 0 Å². The molecule has 1 unspecified atom stereocenters. The fourth-order valence-electron chi connectivity index (χ4n) is 2.19. The van der Waals surface area contributed by atoms with Gasteiger partial charge in [0.15, 0.2) is 11.5 Å². The van der Waals surface area contributed by atoms with Gasteiger partial charge >= 0.3 is 0 Å². The molecule has 1 aliphatic rings. The van der Waals surface area contributed by atoms with Gasteiger partial charge < -0.3 is 20.6 Å². The molecule has 0 spiro atoms. The first-order chi connectivity index (χ1) is 8.80. The smallest absolute Gasteiger partial charge is 0.166 e. The molecule has 5 heteroatoms. The van der Waals surface area contributed by atoms with Crippen LogP contribution in [0.2, 0.25) is 0 Å². The molecular weight excluding hydrogens is 230 g/mol. The summed E-state index contributed by atoms with van der Waals surface area (Å²) in [6.07, 6.45) is 1.69. The highest BCUT2D eigenvalue weighted by Crippen LogP contribution is 2.37. The molecule has 3 N–H and O–H groups in total. The molecule has 0 aromatic heterocycles. The molecule has 1 atom stereocenters. The summed E-state index contributed by atoms with van der Waals surface area (Å²) < 4.78 is 10.7. The molecule has 1 heterocycles. The lowest BCUT2D eigenvalue weighted by atomic mass is 10.0. The van der Waals surface area contributed by atoms with Gasteiger partial charge in [-0.3, -0.25) is 0 Å². The predicted octanol–water partition coefficient (Wildman–Crippen LogP) is 1.44. The van der Waals surface area contributed by atoms with Crippen LogP contribution in [-0.4, -0.2) is 26.5 Å². The van der Waals surface area contributed by atoms with Gasteiger partial charge in [0.1, 0.15) is 0 Å². The summed E-state index contributed by atoms with van der Waals surface area (Å²) in [5, 5.41) is 4.30. The monoisotopic (exact) mass is 249 g/mol. The Hall–Kier alpha value is -1.75. The molecule has 0 aliphatic carbocycles. The van der Waals surface area contributed by atoms with E-state index >= 15 is 0 Å². The maximum absolute atomic E-state index is 5.54. The Kier molecular flexibility index (Phi) is 4.04. The van der Waals surface area contributed by atoms with Crippen molar-refractivity contribution in [3.8, 4) is 11.5 Å². The fraction of sp³-hybridized carbons (Fsp3) is 0.462. The number of para-hydroxylation sites is 1. The second-order valence-electron chi connectivity index (χ2n) is 4.19. The lowest BCUT2D eigenvalue weighted by Gasteiger charge is -2.17. The van der Waals surface area contributed by atoms with E-state index in [9.17, 15) is 0 Å². The van der Waals surface area contributed by atoms with Crippen LogP contribution in [0.3, 0.4) is 0 Å². The van der Waals surface area contributed by atoms with E-state index in [0.717, 1.165) is 35.6 Å². The largest absolute Gasteiger partial charge is 0.493 e. The number of rotatable bonds is 5. The number of benzene rings is 1. The molecule has 2 rings (SSSR count). The second-order valence-corrected chi connectivity index (χ2v) is 4.19. The zero-order valence-corrected chi connectivity index (χ0v) is 10.8. The van der Waals surface area contributed by atoms with Crippen LogP contribution in [0.15, 0.2) is 23.3 Å². The van der Waals surface area contributed by atoms with E-state index < -0.39 is 0 Å². The molecule has 1 aromatic carbocycles. The normalized spacial score (nSPS) is 18.2. The van der Waals surface area contributed by atoms with Gasteiger partial charge in [-0.25, -0.2) is 0 Å². The average molecular weight is 249 g/mol. The third-order valence-electron chi connectivity index (χ3n) is 3.06. The van der Waals surface area contributed by atoms with Crippen molar-refractivity contribution in [3.05, 3.63) is 23.8 Å². The van der Waals surface area contributed by atoms with Crippen LogP contribution in [0.4, 0.5) is 0 Å². The first-order valence-electron chi connectivity index (χ1n) is 6.02. The van der Waals surface area contributed by atoms with E-state index in [-0.39, 0.29) is 6.04 Å². The Morgan fingerprint density at radius 2 is 2.22 bits per heavy atom. The van der Waals surface area contributed by atoms with Gasteiger partial charge in [0, 0.05) is 17.7 Å².